The summed E-state index contributed by atoms with van der Waals surface area (Å²) >= 11 is 5.97. The van der Waals surface area contributed by atoms with Gasteiger partial charge >= 0.3 is 11.9 Å². The van der Waals surface area contributed by atoms with E-state index in [1.165, 1.54) is 13.2 Å². The van der Waals surface area contributed by atoms with Gasteiger partial charge in [-0.15, -0.1) is 0 Å². The number of rotatable bonds is 3. The number of aryl methyl sites for hydroxylation is 1. The second-order valence-electron chi connectivity index (χ2n) is 4.49. The molecule has 2 aromatic rings. The number of halogens is 1. The van der Waals surface area contributed by atoms with Gasteiger partial charge in [0.15, 0.2) is 0 Å². The van der Waals surface area contributed by atoms with Gasteiger partial charge in [0.2, 0.25) is 0 Å². The lowest BCUT2D eigenvalue weighted by Crippen LogP contribution is -2.05. The fourth-order valence-electron chi connectivity index (χ4n) is 2.15. The lowest BCUT2D eigenvalue weighted by Gasteiger charge is -2.11. The van der Waals surface area contributed by atoms with Crippen molar-refractivity contribution in [3.63, 3.8) is 0 Å². The van der Waals surface area contributed by atoms with Crippen molar-refractivity contribution < 1.29 is 19.4 Å². The van der Waals surface area contributed by atoms with Gasteiger partial charge < -0.3 is 9.84 Å². The fourth-order valence-corrected chi connectivity index (χ4v) is 2.35. The van der Waals surface area contributed by atoms with Gasteiger partial charge in [0.05, 0.1) is 23.3 Å². The Morgan fingerprint density at radius 1 is 1.19 bits per heavy atom. The molecule has 0 aliphatic heterocycles. The number of methoxy groups -OCH3 is 1. The van der Waals surface area contributed by atoms with E-state index in [2.05, 4.69) is 4.74 Å². The Bertz CT molecular complexity index is 722. The zero-order valence-corrected chi connectivity index (χ0v) is 12.3. The van der Waals surface area contributed by atoms with Gasteiger partial charge in [-0.05, 0) is 35.7 Å². The highest BCUT2D eigenvalue weighted by atomic mass is 35.5. The molecule has 1 N–H and O–H groups in total. The van der Waals surface area contributed by atoms with Crippen molar-refractivity contribution >= 4 is 23.5 Å². The van der Waals surface area contributed by atoms with E-state index in [1.54, 1.807) is 37.3 Å². The molecule has 0 radical (unpaired) electrons. The first-order valence-electron chi connectivity index (χ1n) is 6.17. The fraction of sp³-hybridized carbons (Fsp3) is 0.125. The summed E-state index contributed by atoms with van der Waals surface area (Å²) in [5.74, 6) is -1.58. The van der Waals surface area contributed by atoms with Crippen molar-refractivity contribution in [3.8, 4) is 11.1 Å². The summed E-state index contributed by atoms with van der Waals surface area (Å²) in [5.41, 5.74) is 2.19. The molecule has 0 fully saturated rings. The van der Waals surface area contributed by atoms with Crippen LogP contribution in [0.5, 0.6) is 0 Å². The van der Waals surface area contributed by atoms with Crippen LogP contribution in [0, 0.1) is 6.92 Å². The molecule has 5 heteroatoms. The molecule has 0 saturated carbocycles. The van der Waals surface area contributed by atoms with Crippen LogP contribution < -0.4 is 0 Å². The number of benzene rings is 2. The number of hydrogen-bond donors (Lipinski definition) is 1. The Morgan fingerprint density at radius 2 is 1.90 bits per heavy atom. The molecule has 0 unspecified atom stereocenters. The quantitative estimate of drug-likeness (QED) is 0.876. The summed E-state index contributed by atoms with van der Waals surface area (Å²) in [6, 6.07) is 9.96. The van der Waals surface area contributed by atoms with Gasteiger partial charge in [0.1, 0.15) is 0 Å². The van der Waals surface area contributed by atoms with E-state index in [0.29, 0.717) is 16.7 Å². The summed E-state index contributed by atoms with van der Waals surface area (Å²) in [7, 11) is 1.26. The van der Waals surface area contributed by atoms with E-state index >= 15 is 0 Å². The van der Waals surface area contributed by atoms with Gasteiger partial charge in [-0.1, -0.05) is 35.9 Å². The van der Waals surface area contributed by atoms with Crippen LogP contribution in [-0.2, 0) is 4.74 Å². The molecule has 0 aliphatic carbocycles. The number of esters is 1. The zero-order valence-electron chi connectivity index (χ0n) is 11.5. The van der Waals surface area contributed by atoms with Crippen molar-refractivity contribution in [2.24, 2.45) is 0 Å². The number of carbonyl (C=O) groups is 2. The van der Waals surface area contributed by atoms with Crippen LogP contribution in [0.3, 0.4) is 0 Å². The molecule has 4 nitrogen and oxygen atoms in total. The first-order valence-corrected chi connectivity index (χ1v) is 6.54. The molecule has 0 heterocycles. The lowest BCUT2D eigenvalue weighted by atomic mass is 9.95. The van der Waals surface area contributed by atoms with Crippen LogP contribution in [0.15, 0.2) is 36.4 Å². The van der Waals surface area contributed by atoms with Crippen LogP contribution in [0.25, 0.3) is 11.1 Å². The predicted octanol–water partition coefficient (Wildman–Crippen LogP) is 3.80. The second-order valence-corrected chi connectivity index (χ2v) is 4.90. The topological polar surface area (TPSA) is 63.6 Å². The molecular weight excluding hydrogens is 292 g/mol. The van der Waals surface area contributed by atoms with Crippen LogP contribution in [-0.4, -0.2) is 24.2 Å². The van der Waals surface area contributed by atoms with Crippen molar-refractivity contribution in [1.29, 1.82) is 0 Å². The number of hydrogen-bond acceptors (Lipinski definition) is 3. The third kappa shape index (κ3) is 2.90. The molecule has 0 aromatic heterocycles. The molecule has 0 atom stereocenters. The largest absolute Gasteiger partial charge is 0.478 e. The third-order valence-electron chi connectivity index (χ3n) is 3.17. The van der Waals surface area contributed by atoms with Gasteiger partial charge in [0, 0.05) is 0 Å². The van der Waals surface area contributed by atoms with Crippen molar-refractivity contribution in [3.05, 3.63) is 58.1 Å². The monoisotopic (exact) mass is 304 g/mol. The van der Waals surface area contributed by atoms with Gasteiger partial charge in [0.25, 0.3) is 0 Å². The molecule has 0 spiro atoms. The minimum absolute atomic E-state index is 0.203. The third-order valence-corrected chi connectivity index (χ3v) is 3.50. The maximum Gasteiger partial charge on any atom is 0.339 e. The minimum atomic E-state index is -1.02. The summed E-state index contributed by atoms with van der Waals surface area (Å²) in [6.45, 7) is 1.73. The van der Waals surface area contributed by atoms with E-state index < -0.39 is 11.9 Å². The maximum absolute atomic E-state index is 11.7. The number of carboxylic acids is 1. The molecule has 108 valence electrons. The Labute approximate surface area is 126 Å². The Balaban J connectivity index is 2.66. The summed E-state index contributed by atoms with van der Waals surface area (Å²) < 4.78 is 4.67. The van der Waals surface area contributed by atoms with Crippen molar-refractivity contribution in [2.75, 3.05) is 7.11 Å². The number of carboxylic acid groups (broad SMARTS) is 1. The van der Waals surface area contributed by atoms with E-state index in [1.807, 2.05) is 0 Å². The molecule has 21 heavy (non-hydrogen) atoms. The molecule has 2 aromatic carbocycles. The standard InChI is InChI=1S/C16H13ClO4/c1-9-4-3-5-11(14(9)15(18)19)10-6-7-13(17)12(8-10)16(20)21-2/h3-8H,1-2H3,(H,18,19). The predicted molar refractivity (Wildman–Crippen MR) is 79.9 cm³/mol. The normalized spacial score (nSPS) is 10.2. The van der Waals surface area contributed by atoms with Crippen LogP contribution in [0.1, 0.15) is 26.3 Å². The van der Waals surface area contributed by atoms with Gasteiger partial charge in [-0.3, -0.25) is 0 Å². The Hall–Kier alpha value is -2.33. The number of carbonyl (C=O) groups excluding carboxylic acids is 1. The van der Waals surface area contributed by atoms with E-state index in [-0.39, 0.29) is 16.1 Å². The van der Waals surface area contributed by atoms with Crippen molar-refractivity contribution in [1.82, 2.24) is 0 Å². The SMILES string of the molecule is COC(=O)c1cc(-c2cccc(C)c2C(=O)O)ccc1Cl. The second kappa shape index (κ2) is 5.97. The average Bonchev–Trinajstić information content (AvgIpc) is 2.46. The molecule has 2 rings (SSSR count). The molecular formula is C16H13ClO4. The number of aromatic carboxylic acids is 1. The smallest absolute Gasteiger partial charge is 0.339 e. The van der Waals surface area contributed by atoms with Crippen LogP contribution in [0.2, 0.25) is 5.02 Å². The maximum atomic E-state index is 11.7. The van der Waals surface area contributed by atoms with Crippen LogP contribution >= 0.6 is 11.6 Å². The van der Waals surface area contributed by atoms with Crippen LogP contribution in [0.4, 0.5) is 0 Å². The highest BCUT2D eigenvalue weighted by molar-refractivity contribution is 6.33. The molecule has 0 bridgehead atoms. The molecule has 0 amide bonds. The van der Waals surface area contributed by atoms with E-state index in [4.69, 9.17) is 11.6 Å². The first kappa shape index (κ1) is 15.1. The minimum Gasteiger partial charge on any atom is -0.478 e. The van der Waals surface area contributed by atoms with E-state index in [0.717, 1.165) is 0 Å². The zero-order chi connectivity index (χ0) is 15.6. The molecule has 0 aliphatic rings. The summed E-state index contributed by atoms with van der Waals surface area (Å²) in [4.78, 5) is 23.1. The van der Waals surface area contributed by atoms with Gasteiger partial charge in [-0.2, -0.15) is 0 Å². The first-order chi connectivity index (χ1) is 9.95. The average molecular weight is 305 g/mol. The van der Waals surface area contributed by atoms with Crippen molar-refractivity contribution in [2.45, 2.75) is 6.92 Å². The highest BCUT2D eigenvalue weighted by Crippen LogP contribution is 2.29. The molecule has 0 saturated heterocycles. The van der Waals surface area contributed by atoms with E-state index in [9.17, 15) is 14.7 Å². The number of ether oxygens (including phenoxy) is 1. The summed E-state index contributed by atoms with van der Waals surface area (Å²) in [5, 5.41) is 9.63. The Kier molecular flexibility index (Phi) is 4.29. The highest BCUT2D eigenvalue weighted by Gasteiger charge is 2.17. The lowest BCUT2D eigenvalue weighted by molar-refractivity contribution is 0.0600. The summed E-state index contributed by atoms with van der Waals surface area (Å²) in [6.07, 6.45) is 0. The van der Waals surface area contributed by atoms with Gasteiger partial charge in [-0.25, -0.2) is 9.59 Å². The Morgan fingerprint density at radius 3 is 2.52 bits per heavy atom.